The Morgan fingerprint density at radius 3 is 2.71 bits per heavy atom. The molecule has 1 aliphatic heterocycles. The van der Waals surface area contributed by atoms with Gasteiger partial charge in [0.05, 0.1) is 6.42 Å². The van der Waals surface area contributed by atoms with E-state index in [4.69, 9.17) is 0 Å². The second kappa shape index (κ2) is 4.47. The van der Waals surface area contributed by atoms with Gasteiger partial charge in [0.1, 0.15) is 0 Å². The summed E-state index contributed by atoms with van der Waals surface area (Å²) in [5.74, 6) is -3.30. The highest BCUT2D eigenvalue weighted by molar-refractivity contribution is 7.99. The van der Waals surface area contributed by atoms with Crippen molar-refractivity contribution in [2.45, 2.75) is 30.9 Å². The van der Waals surface area contributed by atoms with Gasteiger partial charge >= 0.3 is 0 Å². The highest BCUT2D eigenvalue weighted by Gasteiger charge is 2.32. The molecule has 0 N–H and O–H groups in total. The molecular formula is C9H15F2NOS. The third-order valence-electron chi connectivity index (χ3n) is 2.29. The van der Waals surface area contributed by atoms with Gasteiger partial charge in [-0.05, 0) is 19.6 Å². The van der Waals surface area contributed by atoms with Gasteiger partial charge in [-0.25, -0.2) is 8.78 Å². The number of hydrogen-bond acceptors (Lipinski definition) is 2. The summed E-state index contributed by atoms with van der Waals surface area (Å²) < 4.78 is 25.1. The molecule has 1 fully saturated rings. The van der Waals surface area contributed by atoms with Crippen molar-refractivity contribution in [3.8, 4) is 0 Å². The van der Waals surface area contributed by atoms with Crippen LogP contribution in [0.25, 0.3) is 0 Å². The molecule has 0 radical (unpaired) electrons. The smallest absolute Gasteiger partial charge is 0.254 e. The lowest BCUT2D eigenvalue weighted by Crippen LogP contribution is -2.33. The maximum atomic E-state index is 12.6. The maximum Gasteiger partial charge on any atom is 0.254 e. The molecule has 1 amide bonds. The van der Waals surface area contributed by atoms with Crippen LogP contribution in [0.1, 0.15) is 19.8 Å². The van der Waals surface area contributed by atoms with Gasteiger partial charge in [-0.15, -0.1) is 0 Å². The monoisotopic (exact) mass is 223 g/mol. The van der Waals surface area contributed by atoms with Crippen molar-refractivity contribution < 1.29 is 13.6 Å². The molecule has 1 heterocycles. The molecule has 5 heteroatoms. The van der Waals surface area contributed by atoms with Gasteiger partial charge in [-0.2, -0.15) is 11.8 Å². The van der Waals surface area contributed by atoms with Crippen LogP contribution in [0.4, 0.5) is 8.78 Å². The largest absolute Gasteiger partial charge is 0.341 e. The molecule has 0 aliphatic carbocycles. The van der Waals surface area contributed by atoms with E-state index in [-0.39, 0.29) is 0 Å². The van der Waals surface area contributed by atoms with Crippen LogP contribution in [0.3, 0.4) is 0 Å². The number of halogens is 2. The number of alkyl halides is 2. The second-order valence-corrected chi connectivity index (χ2v) is 4.87. The molecule has 1 aliphatic rings. The molecule has 0 aromatic carbocycles. The van der Waals surface area contributed by atoms with Crippen molar-refractivity contribution in [3.05, 3.63) is 0 Å². The third kappa shape index (κ3) is 3.44. The first-order valence-electron chi connectivity index (χ1n) is 4.61. The Hall–Kier alpha value is -0.320. The lowest BCUT2D eigenvalue weighted by atomic mass is 10.2. The minimum absolute atomic E-state index is 0.421. The van der Waals surface area contributed by atoms with Crippen molar-refractivity contribution in [1.82, 2.24) is 4.90 Å². The highest BCUT2D eigenvalue weighted by Crippen LogP contribution is 2.24. The van der Waals surface area contributed by atoms with Crippen LogP contribution >= 0.6 is 11.8 Å². The van der Waals surface area contributed by atoms with Crippen LogP contribution in [0.5, 0.6) is 0 Å². The van der Waals surface area contributed by atoms with Crippen LogP contribution in [0.15, 0.2) is 0 Å². The fraction of sp³-hybridized carbons (Fsp3) is 0.889. The number of hydrogen-bond donors (Lipinski definition) is 0. The van der Waals surface area contributed by atoms with Crippen LogP contribution in [0.2, 0.25) is 0 Å². The summed E-state index contributed by atoms with van der Waals surface area (Å²) in [5.41, 5.74) is 0. The molecule has 82 valence electrons. The maximum absolute atomic E-state index is 12.6. The van der Waals surface area contributed by atoms with E-state index >= 15 is 0 Å². The Morgan fingerprint density at radius 2 is 2.29 bits per heavy atom. The second-order valence-electron chi connectivity index (χ2n) is 3.73. The van der Waals surface area contributed by atoms with E-state index in [1.807, 2.05) is 6.26 Å². The number of rotatable bonds is 3. The van der Waals surface area contributed by atoms with E-state index in [2.05, 4.69) is 0 Å². The fourth-order valence-electron chi connectivity index (χ4n) is 1.52. The zero-order valence-electron chi connectivity index (χ0n) is 8.43. The molecule has 0 spiro atoms. The highest BCUT2D eigenvalue weighted by atomic mass is 32.2. The first-order valence-corrected chi connectivity index (χ1v) is 5.89. The van der Waals surface area contributed by atoms with E-state index < -0.39 is 18.3 Å². The minimum Gasteiger partial charge on any atom is -0.341 e. The molecule has 0 aromatic rings. The summed E-state index contributed by atoms with van der Waals surface area (Å²) >= 11 is 1.69. The number of likely N-dealkylation sites (tertiary alicyclic amines) is 1. The molecule has 1 atom stereocenters. The molecule has 1 rings (SSSR count). The Morgan fingerprint density at radius 1 is 1.64 bits per heavy atom. The summed E-state index contributed by atoms with van der Waals surface area (Å²) in [6, 6.07) is 0. The zero-order valence-corrected chi connectivity index (χ0v) is 9.24. The Labute approximate surface area is 87.0 Å². The molecule has 1 saturated heterocycles. The first-order chi connectivity index (χ1) is 6.42. The fourth-order valence-corrected chi connectivity index (χ4v) is 2.19. The lowest BCUT2D eigenvalue weighted by molar-refractivity contribution is -0.136. The molecule has 0 bridgehead atoms. The van der Waals surface area contributed by atoms with Crippen LogP contribution < -0.4 is 0 Å². The summed E-state index contributed by atoms with van der Waals surface area (Å²) in [7, 11) is 0. The quantitative estimate of drug-likeness (QED) is 0.729. The summed E-state index contributed by atoms with van der Waals surface area (Å²) in [6.07, 6.45) is 2.24. The van der Waals surface area contributed by atoms with Crippen molar-refractivity contribution >= 4 is 17.7 Å². The van der Waals surface area contributed by atoms with E-state index in [1.54, 1.807) is 16.7 Å². The standard InChI is InChI=1S/C9H15F2NOS/c1-9(10,11)5-8(13)12-4-3-7(6-12)14-2/h7H,3-6H2,1-2H3. The Balaban J connectivity index is 2.40. The van der Waals surface area contributed by atoms with Crippen LogP contribution in [-0.2, 0) is 4.79 Å². The predicted molar refractivity (Wildman–Crippen MR) is 53.7 cm³/mol. The van der Waals surface area contributed by atoms with Gasteiger partial charge in [-0.3, -0.25) is 4.79 Å². The number of amides is 1. The molecule has 0 aromatic heterocycles. The average Bonchev–Trinajstić information content (AvgIpc) is 2.48. The van der Waals surface area contributed by atoms with Gasteiger partial charge < -0.3 is 4.90 Å². The predicted octanol–water partition coefficient (Wildman–Crippen LogP) is 2.00. The molecule has 1 unspecified atom stereocenters. The van der Waals surface area contributed by atoms with Gasteiger partial charge in [0.2, 0.25) is 5.91 Å². The lowest BCUT2D eigenvalue weighted by Gasteiger charge is -2.18. The van der Waals surface area contributed by atoms with Crippen LogP contribution in [-0.4, -0.2) is 41.3 Å². The van der Waals surface area contributed by atoms with Crippen molar-refractivity contribution in [3.63, 3.8) is 0 Å². The van der Waals surface area contributed by atoms with Gasteiger partial charge in [-0.1, -0.05) is 0 Å². The number of carbonyl (C=O) groups is 1. The van der Waals surface area contributed by atoms with E-state index in [0.29, 0.717) is 18.3 Å². The Kier molecular flexibility index (Phi) is 3.75. The molecular weight excluding hydrogens is 208 g/mol. The minimum atomic E-state index is -2.88. The first kappa shape index (κ1) is 11.8. The van der Waals surface area contributed by atoms with Gasteiger partial charge in [0, 0.05) is 18.3 Å². The van der Waals surface area contributed by atoms with Crippen molar-refractivity contribution in [1.29, 1.82) is 0 Å². The normalized spacial score (nSPS) is 22.9. The van der Waals surface area contributed by atoms with Gasteiger partial charge in [0.25, 0.3) is 5.92 Å². The number of nitrogens with zero attached hydrogens (tertiary/aromatic N) is 1. The van der Waals surface area contributed by atoms with E-state index in [9.17, 15) is 13.6 Å². The number of carbonyl (C=O) groups excluding carboxylic acids is 1. The Bertz CT molecular complexity index is 217. The van der Waals surface area contributed by atoms with Crippen LogP contribution in [0, 0.1) is 0 Å². The summed E-state index contributed by atoms with van der Waals surface area (Å²) in [4.78, 5) is 12.9. The van der Waals surface area contributed by atoms with Crippen molar-refractivity contribution in [2.24, 2.45) is 0 Å². The number of thioether (sulfide) groups is 1. The molecule has 2 nitrogen and oxygen atoms in total. The average molecular weight is 223 g/mol. The van der Waals surface area contributed by atoms with E-state index in [0.717, 1.165) is 13.3 Å². The van der Waals surface area contributed by atoms with E-state index in [1.165, 1.54) is 0 Å². The topological polar surface area (TPSA) is 20.3 Å². The zero-order chi connectivity index (χ0) is 10.8. The van der Waals surface area contributed by atoms with Crippen molar-refractivity contribution in [2.75, 3.05) is 19.3 Å². The molecule has 0 saturated carbocycles. The third-order valence-corrected chi connectivity index (χ3v) is 3.34. The SMILES string of the molecule is CSC1CCN(C(=O)CC(C)(F)F)C1. The summed E-state index contributed by atoms with van der Waals surface area (Å²) in [5, 5.41) is 0.421. The summed E-state index contributed by atoms with van der Waals surface area (Å²) in [6.45, 7) is 2.03. The van der Waals surface area contributed by atoms with Gasteiger partial charge in [0.15, 0.2) is 0 Å². The molecule has 14 heavy (non-hydrogen) atoms.